The van der Waals surface area contributed by atoms with E-state index in [1.807, 2.05) is 6.26 Å². The molecule has 0 radical (unpaired) electrons. The second kappa shape index (κ2) is 2.58. The van der Waals surface area contributed by atoms with Gasteiger partial charge in [0.1, 0.15) is 5.84 Å². The molecule has 9 heavy (non-hydrogen) atoms. The van der Waals surface area contributed by atoms with Gasteiger partial charge in [-0.05, 0) is 18.5 Å². The van der Waals surface area contributed by atoms with Crippen molar-refractivity contribution in [2.24, 2.45) is 13.8 Å². The maximum Gasteiger partial charge on any atom is 0.231 e. The third-order valence-corrected chi connectivity index (χ3v) is 1.96. The molecule has 5 heteroatoms. The van der Waals surface area contributed by atoms with Crippen LogP contribution >= 0.6 is 11.6 Å². The Balaban J connectivity index is 2.98. The lowest BCUT2D eigenvalue weighted by molar-refractivity contribution is 1.52. The molecule has 0 fully saturated rings. The summed E-state index contributed by atoms with van der Waals surface area (Å²) < 4.78 is 7.93. The van der Waals surface area contributed by atoms with E-state index in [4.69, 9.17) is 11.6 Å². The van der Waals surface area contributed by atoms with E-state index < -0.39 is 0 Å². The predicted octanol–water partition coefficient (Wildman–Crippen LogP) is 1.36. The number of rotatable bonds is 0. The molecule has 1 rings (SSSR count). The second-order valence-electron chi connectivity index (χ2n) is 1.56. The van der Waals surface area contributed by atoms with Crippen LogP contribution in [0.5, 0.6) is 0 Å². The van der Waals surface area contributed by atoms with E-state index in [-0.39, 0.29) is 10.9 Å². The van der Waals surface area contributed by atoms with Gasteiger partial charge < -0.3 is 0 Å². The third kappa shape index (κ3) is 1.87. The lowest BCUT2D eigenvalue weighted by Crippen LogP contribution is -1.99. The summed E-state index contributed by atoms with van der Waals surface area (Å²) >= 11 is 5.52. The molecular weight excluding hydrogens is 158 g/mol. The van der Waals surface area contributed by atoms with Gasteiger partial charge in [-0.3, -0.25) is 0 Å². The largest absolute Gasteiger partial charge is 0.231 e. The molecule has 1 heterocycles. The summed E-state index contributed by atoms with van der Waals surface area (Å²) in [5.41, 5.74) is 0. The fourth-order valence-corrected chi connectivity index (χ4v) is 1.64. The maximum atomic E-state index is 5.52. The van der Waals surface area contributed by atoms with Crippen LogP contribution in [0.15, 0.2) is 13.8 Å². The van der Waals surface area contributed by atoms with E-state index in [9.17, 15) is 0 Å². The van der Waals surface area contributed by atoms with Crippen LogP contribution in [0.3, 0.4) is 0 Å². The van der Waals surface area contributed by atoms with Gasteiger partial charge >= 0.3 is 0 Å². The number of amidine groups is 2. The minimum Gasteiger partial charge on any atom is -0.202 e. The Morgan fingerprint density at radius 2 is 2.22 bits per heavy atom. The highest BCUT2D eigenvalue weighted by atomic mass is 35.5. The summed E-state index contributed by atoms with van der Waals surface area (Å²) in [5.74, 6) is 0.709. The lowest BCUT2D eigenvalue weighted by atomic mass is 10.7. The van der Waals surface area contributed by atoms with E-state index in [1.54, 1.807) is 6.92 Å². The normalized spacial score (nSPS) is 26.3. The first-order chi connectivity index (χ1) is 4.18. The lowest BCUT2D eigenvalue weighted by Gasteiger charge is -1.99. The molecule has 0 aromatic carbocycles. The van der Waals surface area contributed by atoms with Gasteiger partial charge in [-0.15, -0.1) is 0 Å². The van der Waals surface area contributed by atoms with E-state index in [1.165, 1.54) is 0 Å². The molecule has 1 aliphatic rings. The first-order valence-electron chi connectivity index (χ1n) is 2.36. The number of nitrogens with zero attached hydrogens (tertiary/aromatic N) is 3. The molecule has 0 amide bonds. The smallest absolute Gasteiger partial charge is 0.202 e. The van der Waals surface area contributed by atoms with Crippen LogP contribution in [0.1, 0.15) is 6.92 Å². The molecule has 50 valence electrons. The second-order valence-corrected chi connectivity index (χ2v) is 3.15. The van der Waals surface area contributed by atoms with Gasteiger partial charge in [0, 0.05) is 17.1 Å². The van der Waals surface area contributed by atoms with Gasteiger partial charge in [0.15, 0.2) is 0 Å². The molecule has 0 saturated carbocycles. The Bertz CT molecular complexity index is 172. The standard InChI is InChI=1S/C4H6ClN3S/c1-3-6-4(5)8-9(2)7-3/h1-2H3. The Labute approximate surface area is 61.1 Å². The van der Waals surface area contributed by atoms with Crippen molar-refractivity contribution < 1.29 is 0 Å². The SMILES string of the molecule is CC1=NC(Cl)=NS(C)=N1. The number of aliphatic imine (C=N–C) groups is 1. The average molecular weight is 164 g/mol. The van der Waals surface area contributed by atoms with Crippen molar-refractivity contribution in [1.82, 2.24) is 0 Å². The first kappa shape index (κ1) is 6.89. The average Bonchev–Trinajstić information content (AvgIpc) is 1.59. The zero-order chi connectivity index (χ0) is 6.85. The highest BCUT2D eigenvalue weighted by molar-refractivity contribution is 7.85. The molecular formula is C4H6ClN3S. The summed E-state index contributed by atoms with van der Waals surface area (Å²) in [4.78, 5) is 3.81. The Morgan fingerprint density at radius 1 is 1.56 bits per heavy atom. The van der Waals surface area contributed by atoms with E-state index in [2.05, 4.69) is 13.8 Å². The summed E-state index contributed by atoms with van der Waals surface area (Å²) in [7, 11) is -0.300. The maximum absolute atomic E-state index is 5.52. The monoisotopic (exact) mass is 163 g/mol. The molecule has 0 aromatic rings. The zero-order valence-electron chi connectivity index (χ0n) is 5.13. The van der Waals surface area contributed by atoms with Gasteiger partial charge in [0.05, 0.1) is 0 Å². The summed E-state index contributed by atoms with van der Waals surface area (Å²) in [6.45, 7) is 1.81. The number of hydrogen-bond acceptors (Lipinski definition) is 3. The van der Waals surface area contributed by atoms with Crippen molar-refractivity contribution in [3.63, 3.8) is 0 Å². The fraction of sp³-hybridized carbons (Fsp3) is 0.500. The summed E-state index contributed by atoms with van der Waals surface area (Å²) in [5, 5.41) is 0.313. The predicted molar refractivity (Wildman–Crippen MR) is 42.1 cm³/mol. The van der Waals surface area contributed by atoms with Crippen LogP contribution in [-0.4, -0.2) is 17.4 Å². The van der Waals surface area contributed by atoms with Crippen LogP contribution in [0.4, 0.5) is 0 Å². The number of halogens is 1. The van der Waals surface area contributed by atoms with Crippen molar-refractivity contribution in [3.8, 4) is 0 Å². The molecule has 0 N–H and O–H groups in total. The van der Waals surface area contributed by atoms with Gasteiger partial charge in [0.2, 0.25) is 5.29 Å². The van der Waals surface area contributed by atoms with Gasteiger partial charge in [-0.25, -0.2) is 4.99 Å². The number of hydrogen-bond donors (Lipinski definition) is 0. The zero-order valence-corrected chi connectivity index (χ0v) is 6.70. The first-order valence-corrected chi connectivity index (χ1v) is 4.28. The van der Waals surface area contributed by atoms with Crippen molar-refractivity contribution in [2.45, 2.75) is 6.92 Å². The summed E-state index contributed by atoms with van der Waals surface area (Å²) in [6, 6.07) is 0. The Morgan fingerprint density at radius 3 is 2.67 bits per heavy atom. The molecule has 1 aliphatic heterocycles. The van der Waals surface area contributed by atoms with E-state index in [0.717, 1.165) is 0 Å². The Hall–Kier alpha value is -0.220. The Kier molecular flexibility index (Phi) is 1.97. The minimum absolute atomic E-state index is 0.300. The van der Waals surface area contributed by atoms with Crippen molar-refractivity contribution in [3.05, 3.63) is 0 Å². The van der Waals surface area contributed by atoms with Crippen LogP contribution in [0, 0.1) is 0 Å². The fourth-order valence-electron chi connectivity index (χ4n) is 0.495. The van der Waals surface area contributed by atoms with Crippen molar-refractivity contribution in [2.75, 3.05) is 6.26 Å². The molecule has 0 aliphatic carbocycles. The molecule has 1 unspecified atom stereocenters. The molecule has 0 bridgehead atoms. The van der Waals surface area contributed by atoms with Gasteiger partial charge in [0.25, 0.3) is 0 Å². The van der Waals surface area contributed by atoms with Crippen LogP contribution in [-0.2, 0) is 10.9 Å². The molecule has 3 nitrogen and oxygen atoms in total. The molecule has 0 spiro atoms. The van der Waals surface area contributed by atoms with Crippen LogP contribution in [0.25, 0.3) is 0 Å². The molecule has 0 aromatic heterocycles. The van der Waals surface area contributed by atoms with E-state index >= 15 is 0 Å². The highest BCUT2D eigenvalue weighted by Gasteiger charge is 1.99. The third-order valence-electron chi connectivity index (χ3n) is 0.726. The quantitative estimate of drug-likeness (QED) is 0.484. The van der Waals surface area contributed by atoms with Crippen LogP contribution in [0.2, 0.25) is 0 Å². The van der Waals surface area contributed by atoms with Gasteiger partial charge in [-0.2, -0.15) is 8.76 Å². The molecule has 0 saturated heterocycles. The highest BCUT2D eigenvalue weighted by Crippen LogP contribution is 2.01. The summed E-state index contributed by atoms with van der Waals surface area (Å²) in [6.07, 6.45) is 1.89. The molecule has 1 atom stereocenters. The topological polar surface area (TPSA) is 37.1 Å². The van der Waals surface area contributed by atoms with Crippen LogP contribution < -0.4 is 0 Å². The van der Waals surface area contributed by atoms with Crippen molar-refractivity contribution >= 4 is 33.6 Å². The van der Waals surface area contributed by atoms with E-state index in [0.29, 0.717) is 11.1 Å². The minimum atomic E-state index is -0.300. The van der Waals surface area contributed by atoms with Crippen molar-refractivity contribution in [1.29, 1.82) is 0 Å². The van der Waals surface area contributed by atoms with Gasteiger partial charge in [-0.1, -0.05) is 0 Å².